The van der Waals surface area contributed by atoms with Crippen LogP contribution < -0.4 is 5.32 Å². The standard InChI is InChI=1S/C13H16ClNO2/c1-8-2-5-10(11(14)6-8)13(17)15-7-12(16)9-3-4-9/h2,5-6,9,12,16H,3-4,7H2,1H3,(H,15,17). The molecule has 1 saturated carbocycles. The zero-order valence-corrected chi connectivity index (χ0v) is 10.5. The van der Waals surface area contributed by atoms with Gasteiger partial charge in [0.1, 0.15) is 0 Å². The minimum Gasteiger partial charge on any atom is -0.391 e. The normalized spacial score (nSPS) is 16.6. The van der Waals surface area contributed by atoms with E-state index in [0.717, 1.165) is 18.4 Å². The molecular formula is C13H16ClNO2. The van der Waals surface area contributed by atoms with Gasteiger partial charge >= 0.3 is 0 Å². The summed E-state index contributed by atoms with van der Waals surface area (Å²) in [7, 11) is 0. The van der Waals surface area contributed by atoms with Crippen molar-refractivity contribution in [2.45, 2.75) is 25.9 Å². The Morgan fingerprint density at radius 1 is 1.59 bits per heavy atom. The highest BCUT2D eigenvalue weighted by Gasteiger charge is 2.29. The second-order valence-corrected chi connectivity index (χ2v) is 5.01. The van der Waals surface area contributed by atoms with Crippen molar-refractivity contribution >= 4 is 17.5 Å². The van der Waals surface area contributed by atoms with Gasteiger partial charge < -0.3 is 10.4 Å². The third kappa shape index (κ3) is 3.20. The molecule has 1 unspecified atom stereocenters. The topological polar surface area (TPSA) is 49.3 Å². The average Bonchev–Trinajstić information content (AvgIpc) is 3.09. The summed E-state index contributed by atoms with van der Waals surface area (Å²) in [5.41, 5.74) is 1.48. The van der Waals surface area contributed by atoms with Crippen LogP contribution in [-0.2, 0) is 0 Å². The Labute approximate surface area is 106 Å². The molecule has 0 spiro atoms. The molecule has 0 saturated heterocycles. The highest BCUT2D eigenvalue weighted by atomic mass is 35.5. The van der Waals surface area contributed by atoms with Crippen LogP contribution in [0.2, 0.25) is 5.02 Å². The lowest BCUT2D eigenvalue weighted by atomic mass is 10.1. The number of aryl methyl sites for hydroxylation is 1. The number of hydrogen-bond donors (Lipinski definition) is 2. The molecule has 2 N–H and O–H groups in total. The van der Waals surface area contributed by atoms with Crippen molar-refractivity contribution in [2.75, 3.05) is 6.54 Å². The van der Waals surface area contributed by atoms with E-state index in [-0.39, 0.29) is 5.91 Å². The first-order valence-corrected chi connectivity index (χ1v) is 6.18. The van der Waals surface area contributed by atoms with Crippen molar-refractivity contribution in [1.29, 1.82) is 0 Å². The third-order valence-corrected chi connectivity index (χ3v) is 3.32. The fourth-order valence-corrected chi connectivity index (χ4v) is 2.07. The van der Waals surface area contributed by atoms with Crippen LogP contribution in [0.3, 0.4) is 0 Å². The molecule has 92 valence electrons. The van der Waals surface area contributed by atoms with Gasteiger partial charge in [0.15, 0.2) is 0 Å². The van der Waals surface area contributed by atoms with Crippen molar-refractivity contribution in [3.05, 3.63) is 34.3 Å². The first-order chi connectivity index (χ1) is 8.08. The number of aliphatic hydroxyl groups excluding tert-OH is 1. The lowest BCUT2D eigenvalue weighted by Crippen LogP contribution is -2.33. The molecule has 1 atom stereocenters. The molecule has 0 bridgehead atoms. The van der Waals surface area contributed by atoms with Crippen molar-refractivity contribution in [1.82, 2.24) is 5.32 Å². The summed E-state index contributed by atoms with van der Waals surface area (Å²) in [6.07, 6.45) is 1.69. The van der Waals surface area contributed by atoms with E-state index in [4.69, 9.17) is 11.6 Å². The van der Waals surface area contributed by atoms with Gasteiger partial charge in [0.25, 0.3) is 5.91 Å². The number of nitrogens with one attached hydrogen (secondary N) is 1. The monoisotopic (exact) mass is 253 g/mol. The number of carbonyl (C=O) groups excluding carboxylic acids is 1. The van der Waals surface area contributed by atoms with Gasteiger partial charge in [-0.05, 0) is 43.4 Å². The van der Waals surface area contributed by atoms with Crippen molar-refractivity contribution in [3.63, 3.8) is 0 Å². The third-order valence-electron chi connectivity index (χ3n) is 3.01. The molecule has 17 heavy (non-hydrogen) atoms. The Hall–Kier alpha value is -1.06. The molecular weight excluding hydrogens is 238 g/mol. The molecule has 3 nitrogen and oxygen atoms in total. The molecule has 0 aromatic heterocycles. The van der Waals surface area contributed by atoms with Crippen molar-refractivity contribution < 1.29 is 9.90 Å². The molecule has 1 aromatic carbocycles. The molecule has 2 rings (SSSR count). The quantitative estimate of drug-likeness (QED) is 0.864. The summed E-state index contributed by atoms with van der Waals surface area (Å²) < 4.78 is 0. The number of carbonyl (C=O) groups is 1. The number of halogens is 1. The van der Waals surface area contributed by atoms with Crippen LogP contribution in [-0.4, -0.2) is 23.7 Å². The summed E-state index contributed by atoms with van der Waals surface area (Å²) >= 11 is 5.99. The second kappa shape index (κ2) is 5.07. The van der Waals surface area contributed by atoms with Crippen LogP contribution >= 0.6 is 11.6 Å². The Balaban J connectivity index is 1.94. The largest absolute Gasteiger partial charge is 0.391 e. The molecule has 1 aliphatic rings. The lowest BCUT2D eigenvalue weighted by molar-refractivity contribution is 0.0901. The smallest absolute Gasteiger partial charge is 0.252 e. The van der Waals surface area contributed by atoms with Crippen LogP contribution in [0.5, 0.6) is 0 Å². The molecule has 0 heterocycles. The van der Waals surface area contributed by atoms with Gasteiger partial charge in [-0.25, -0.2) is 0 Å². The van der Waals surface area contributed by atoms with E-state index in [0.29, 0.717) is 23.0 Å². The summed E-state index contributed by atoms with van der Waals surface area (Å²) in [5.74, 6) is 0.137. The van der Waals surface area contributed by atoms with Gasteiger partial charge in [0.2, 0.25) is 0 Å². The minimum atomic E-state index is -0.428. The average molecular weight is 254 g/mol. The fraction of sp³-hybridized carbons (Fsp3) is 0.462. The summed E-state index contributed by atoms with van der Waals surface area (Å²) in [4.78, 5) is 11.8. The first-order valence-electron chi connectivity index (χ1n) is 5.80. The van der Waals surface area contributed by atoms with Crippen LogP contribution in [0.15, 0.2) is 18.2 Å². The van der Waals surface area contributed by atoms with Gasteiger partial charge in [-0.3, -0.25) is 4.79 Å². The van der Waals surface area contributed by atoms with E-state index in [9.17, 15) is 9.90 Å². The van der Waals surface area contributed by atoms with Crippen LogP contribution in [0.25, 0.3) is 0 Å². The second-order valence-electron chi connectivity index (χ2n) is 4.60. The van der Waals surface area contributed by atoms with Gasteiger partial charge in [0.05, 0.1) is 16.7 Å². The first kappa shape index (κ1) is 12.4. The number of aliphatic hydroxyl groups is 1. The Morgan fingerprint density at radius 3 is 2.88 bits per heavy atom. The molecule has 1 aromatic rings. The van der Waals surface area contributed by atoms with Crippen LogP contribution in [0.4, 0.5) is 0 Å². The number of hydrogen-bond acceptors (Lipinski definition) is 2. The van der Waals surface area contributed by atoms with Gasteiger partial charge in [-0.2, -0.15) is 0 Å². The Bertz CT molecular complexity index is 429. The number of amides is 1. The van der Waals surface area contributed by atoms with E-state index in [1.165, 1.54) is 0 Å². The lowest BCUT2D eigenvalue weighted by Gasteiger charge is -2.11. The van der Waals surface area contributed by atoms with Crippen LogP contribution in [0, 0.1) is 12.8 Å². The molecule has 1 aliphatic carbocycles. The van der Waals surface area contributed by atoms with Crippen LogP contribution in [0.1, 0.15) is 28.8 Å². The molecule has 4 heteroatoms. The predicted octanol–water partition coefficient (Wildman–Crippen LogP) is 2.15. The molecule has 0 aliphatic heterocycles. The van der Waals surface area contributed by atoms with Gasteiger partial charge in [-0.1, -0.05) is 17.7 Å². The molecule has 1 amide bonds. The molecule has 0 radical (unpaired) electrons. The maximum atomic E-state index is 11.8. The number of rotatable bonds is 4. The van der Waals surface area contributed by atoms with Crippen molar-refractivity contribution in [3.8, 4) is 0 Å². The van der Waals surface area contributed by atoms with E-state index < -0.39 is 6.10 Å². The maximum absolute atomic E-state index is 11.8. The van der Waals surface area contributed by atoms with Crippen molar-refractivity contribution in [2.24, 2.45) is 5.92 Å². The maximum Gasteiger partial charge on any atom is 0.252 e. The summed E-state index contributed by atoms with van der Waals surface area (Å²) in [5, 5.41) is 12.8. The molecule has 1 fully saturated rings. The van der Waals surface area contributed by atoms with E-state index >= 15 is 0 Å². The predicted molar refractivity (Wildman–Crippen MR) is 67.3 cm³/mol. The summed E-state index contributed by atoms with van der Waals surface area (Å²) in [6.45, 7) is 2.22. The van der Waals surface area contributed by atoms with E-state index in [1.54, 1.807) is 12.1 Å². The Kier molecular flexibility index (Phi) is 3.69. The highest BCUT2D eigenvalue weighted by Crippen LogP contribution is 2.32. The zero-order valence-electron chi connectivity index (χ0n) is 9.74. The van der Waals surface area contributed by atoms with E-state index in [2.05, 4.69) is 5.32 Å². The van der Waals surface area contributed by atoms with E-state index in [1.807, 2.05) is 13.0 Å². The fourth-order valence-electron chi connectivity index (χ4n) is 1.74. The summed E-state index contributed by atoms with van der Waals surface area (Å²) in [6, 6.07) is 5.31. The van der Waals surface area contributed by atoms with Gasteiger partial charge in [0, 0.05) is 6.54 Å². The minimum absolute atomic E-state index is 0.227. The highest BCUT2D eigenvalue weighted by molar-refractivity contribution is 6.33. The zero-order chi connectivity index (χ0) is 12.4. The Morgan fingerprint density at radius 2 is 2.29 bits per heavy atom. The van der Waals surface area contributed by atoms with Gasteiger partial charge in [-0.15, -0.1) is 0 Å². The SMILES string of the molecule is Cc1ccc(C(=O)NCC(O)C2CC2)c(Cl)c1. The number of benzene rings is 1.